The zero-order valence-corrected chi connectivity index (χ0v) is 15.3. The van der Waals surface area contributed by atoms with Gasteiger partial charge in [-0.1, -0.05) is 24.3 Å². The second-order valence-corrected chi connectivity index (χ2v) is 6.36. The summed E-state index contributed by atoms with van der Waals surface area (Å²) in [5, 5.41) is -0.956. The van der Waals surface area contributed by atoms with Crippen LogP contribution < -0.4 is 4.74 Å². The van der Waals surface area contributed by atoms with E-state index in [1.54, 1.807) is 6.07 Å². The number of fused-ring (bicyclic) bond motifs is 1. The average molecular weight is 410 g/mol. The van der Waals surface area contributed by atoms with E-state index < -0.39 is 41.0 Å². The van der Waals surface area contributed by atoms with Gasteiger partial charge in [0.05, 0.1) is 5.39 Å². The van der Waals surface area contributed by atoms with Gasteiger partial charge in [-0.05, 0) is 60.5 Å². The molecule has 1 nitrogen and oxygen atoms in total. The van der Waals surface area contributed by atoms with Crippen LogP contribution in [0, 0.1) is 23.3 Å². The quantitative estimate of drug-likeness (QED) is 0.309. The summed E-state index contributed by atoms with van der Waals surface area (Å²) >= 11 is 0. The van der Waals surface area contributed by atoms with Crippen LogP contribution in [0.3, 0.4) is 0 Å². The van der Waals surface area contributed by atoms with Crippen molar-refractivity contribution < 1.29 is 31.1 Å². The van der Waals surface area contributed by atoms with E-state index >= 15 is 0 Å². The Bertz CT molecular complexity index is 1070. The highest BCUT2D eigenvalue weighted by molar-refractivity contribution is 5.90. The molecule has 0 aromatic heterocycles. The first kappa shape index (κ1) is 20.8. The molecule has 0 N–H and O–H groups in total. The number of benzene rings is 3. The molecule has 7 heteroatoms. The van der Waals surface area contributed by atoms with E-state index in [1.807, 2.05) is 19.1 Å². The van der Waals surface area contributed by atoms with Gasteiger partial charge >= 0.3 is 6.61 Å². The summed E-state index contributed by atoms with van der Waals surface area (Å²) in [6.45, 7) is -1.59. The minimum atomic E-state index is -3.47. The average Bonchev–Trinajstić information content (AvgIpc) is 2.64. The van der Waals surface area contributed by atoms with Crippen LogP contribution in [0.15, 0.2) is 48.6 Å². The first-order valence-electron chi connectivity index (χ1n) is 8.77. The molecule has 3 aromatic rings. The van der Waals surface area contributed by atoms with Crippen molar-refractivity contribution in [3.63, 3.8) is 0 Å². The van der Waals surface area contributed by atoms with Gasteiger partial charge in [-0.3, -0.25) is 0 Å². The third-order valence-electron chi connectivity index (χ3n) is 4.43. The molecule has 3 rings (SSSR count). The number of aryl methyl sites for hydroxylation is 1. The molecule has 0 saturated carbocycles. The van der Waals surface area contributed by atoms with E-state index in [2.05, 4.69) is 4.74 Å². The van der Waals surface area contributed by atoms with Crippen molar-refractivity contribution in [3.05, 3.63) is 77.4 Å². The molecule has 3 aromatic carbocycles. The smallest absolute Gasteiger partial charge is 0.387 e. The van der Waals surface area contributed by atoms with Gasteiger partial charge in [0, 0.05) is 5.56 Å². The van der Waals surface area contributed by atoms with Crippen molar-refractivity contribution in [2.45, 2.75) is 26.4 Å². The van der Waals surface area contributed by atoms with E-state index in [9.17, 15) is 26.3 Å². The number of ether oxygens (including phenoxy) is 1. The SMILES string of the molecule is C/C=C/CCc1ccc(-c2cc(F)c3c(F)c(OC(F)F)c(F)cc3c2)c(F)c1. The van der Waals surface area contributed by atoms with E-state index in [0.29, 0.717) is 12.5 Å². The Morgan fingerprint density at radius 3 is 2.34 bits per heavy atom. The maximum absolute atomic E-state index is 14.6. The molecular weight excluding hydrogens is 394 g/mol. The molecule has 0 saturated heterocycles. The van der Waals surface area contributed by atoms with Crippen LogP contribution in [0.5, 0.6) is 5.75 Å². The Morgan fingerprint density at radius 2 is 1.69 bits per heavy atom. The maximum Gasteiger partial charge on any atom is 0.387 e. The van der Waals surface area contributed by atoms with Gasteiger partial charge in [-0.15, -0.1) is 0 Å². The third-order valence-corrected chi connectivity index (χ3v) is 4.43. The first-order chi connectivity index (χ1) is 13.8. The van der Waals surface area contributed by atoms with Gasteiger partial charge in [-0.2, -0.15) is 8.78 Å². The van der Waals surface area contributed by atoms with Crippen LogP contribution in [0.4, 0.5) is 26.3 Å². The number of hydrogen-bond donors (Lipinski definition) is 0. The lowest BCUT2D eigenvalue weighted by atomic mass is 9.98. The van der Waals surface area contributed by atoms with E-state index in [0.717, 1.165) is 18.1 Å². The van der Waals surface area contributed by atoms with E-state index in [1.165, 1.54) is 18.2 Å². The molecule has 0 bridgehead atoms. The fourth-order valence-electron chi connectivity index (χ4n) is 3.11. The van der Waals surface area contributed by atoms with Gasteiger partial charge < -0.3 is 4.74 Å². The van der Waals surface area contributed by atoms with Gasteiger partial charge in [-0.25, -0.2) is 17.6 Å². The largest absolute Gasteiger partial charge is 0.429 e. The van der Waals surface area contributed by atoms with E-state index in [4.69, 9.17) is 0 Å². The van der Waals surface area contributed by atoms with Crippen molar-refractivity contribution in [2.24, 2.45) is 0 Å². The first-order valence-corrected chi connectivity index (χ1v) is 8.77. The van der Waals surface area contributed by atoms with Crippen LogP contribution in [0.1, 0.15) is 18.9 Å². The summed E-state index contributed by atoms with van der Waals surface area (Å²) in [7, 11) is 0. The number of rotatable bonds is 6. The van der Waals surface area contributed by atoms with Gasteiger partial charge in [0.1, 0.15) is 11.6 Å². The van der Waals surface area contributed by atoms with Crippen molar-refractivity contribution in [2.75, 3.05) is 0 Å². The van der Waals surface area contributed by atoms with Crippen LogP contribution in [0.25, 0.3) is 21.9 Å². The van der Waals surface area contributed by atoms with Crippen LogP contribution in [-0.2, 0) is 6.42 Å². The lowest BCUT2D eigenvalue weighted by Gasteiger charge is -2.12. The molecule has 0 spiro atoms. The van der Waals surface area contributed by atoms with Crippen LogP contribution >= 0.6 is 0 Å². The number of allylic oxidation sites excluding steroid dienone is 2. The highest BCUT2D eigenvalue weighted by Gasteiger charge is 2.22. The summed E-state index contributed by atoms with van der Waals surface area (Å²) < 4.78 is 85.9. The Morgan fingerprint density at radius 1 is 0.931 bits per heavy atom. The molecule has 0 heterocycles. The summed E-state index contributed by atoms with van der Waals surface area (Å²) in [6, 6.07) is 7.20. The lowest BCUT2D eigenvalue weighted by Crippen LogP contribution is -2.06. The molecule has 29 heavy (non-hydrogen) atoms. The van der Waals surface area contributed by atoms with Crippen LogP contribution in [0.2, 0.25) is 0 Å². The molecule has 0 aliphatic carbocycles. The zero-order valence-electron chi connectivity index (χ0n) is 15.3. The summed E-state index contributed by atoms with van der Waals surface area (Å²) in [5.74, 6) is -6.11. The van der Waals surface area contributed by atoms with Crippen LogP contribution in [-0.4, -0.2) is 6.61 Å². The minimum absolute atomic E-state index is 0.0503. The Kier molecular flexibility index (Phi) is 6.15. The van der Waals surface area contributed by atoms with Gasteiger partial charge in [0.2, 0.25) is 0 Å². The molecule has 0 unspecified atom stereocenters. The summed E-state index contributed by atoms with van der Waals surface area (Å²) in [5.41, 5.74) is 0.861. The summed E-state index contributed by atoms with van der Waals surface area (Å²) in [6.07, 6.45) is 5.19. The van der Waals surface area contributed by atoms with Crippen molar-refractivity contribution >= 4 is 10.8 Å². The fourth-order valence-corrected chi connectivity index (χ4v) is 3.11. The predicted molar refractivity (Wildman–Crippen MR) is 99.0 cm³/mol. The topological polar surface area (TPSA) is 9.23 Å². The lowest BCUT2D eigenvalue weighted by molar-refractivity contribution is -0.0544. The molecule has 0 aliphatic heterocycles. The van der Waals surface area contributed by atoms with E-state index in [-0.39, 0.29) is 16.5 Å². The predicted octanol–water partition coefficient (Wildman–Crippen LogP) is 7.17. The second-order valence-electron chi connectivity index (χ2n) is 6.36. The molecule has 0 amide bonds. The maximum atomic E-state index is 14.6. The Balaban J connectivity index is 2.06. The number of hydrogen-bond acceptors (Lipinski definition) is 1. The fraction of sp³-hybridized carbons (Fsp3) is 0.182. The highest BCUT2D eigenvalue weighted by Crippen LogP contribution is 2.36. The van der Waals surface area contributed by atoms with Gasteiger partial charge in [0.25, 0.3) is 0 Å². The summed E-state index contributed by atoms with van der Waals surface area (Å²) in [4.78, 5) is 0. The molecule has 0 fully saturated rings. The third kappa shape index (κ3) is 4.39. The van der Waals surface area contributed by atoms with Crippen molar-refractivity contribution in [1.82, 2.24) is 0 Å². The molecular formula is C22H16F6O. The normalized spacial score (nSPS) is 11.7. The minimum Gasteiger partial charge on any atom is -0.429 e. The highest BCUT2D eigenvalue weighted by atomic mass is 19.3. The molecule has 0 radical (unpaired) electrons. The number of halogens is 6. The number of alkyl halides is 2. The standard InChI is InChI=1S/C22H16F6O/c1-2-3-4-5-12-6-7-15(16(23)8-12)13-9-14-11-18(25)21(29-22(27)28)20(26)19(14)17(24)10-13/h2-3,6-11,22H,4-5H2,1H3/b3-2+. The molecule has 0 atom stereocenters. The Hall–Kier alpha value is -2.96. The monoisotopic (exact) mass is 410 g/mol. The molecule has 0 aliphatic rings. The van der Waals surface area contributed by atoms with Crippen molar-refractivity contribution in [3.8, 4) is 16.9 Å². The Labute approximate surface area is 163 Å². The van der Waals surface area contributed by atoms with Crippen molar-refractivity contribution in [1.29, 1.82) is 0 Å². The second kappa shape index (κ2) is 8.59. The zero-order chi connectivity index (χ0) is 21.1. The molecule has 152 valence electrons. The van der Waals surface area contributed by atoms with Gasteiger partial charge in [0.15, 0.2) is 17.4 Å².